The molecule has 1 unspecified atom stereocenters. The Morgan fingerprint density at radius 1 is 1.50 bits per heavy atom. The van der Waals surface area contributed by atoms with E-state index < -0.39 is 0 Å². The van der Waals surface area contributed by atoms with Gasteiger partial charge in [-0.1, -0.05) is 19.9 Å². The first-order valence-corrected chi connectivity index (χ1v) is 5.97. The summed E-state index contributed by atoms with van der Waals surface area (Å²) >= 11 is 0. The van der Waals surface area contributed by atoms with Crippen molar-refractivity contribution >= 4 is 0 Å². The summed E-state index contributed by atoms with van der Waals surface area (Å²) in [4.78, 5) is 6.88. The van der Waals surface area contributed by atoms with Crippen LogP contribution in [0.2, 0.25) is 0 Å². The molecule has 0 radical (unpaired) electrons. The number of nitrogens with two attached hydrogens (primary N) is 1. The van der Waals surface area contributed by atoms with E-state index in [1.165, 1.54) is 6.42 Å². The van der Waals surface area contributed by atoms with Crippen LogP contribution in [0.5, 0.6) is 0 Å². The van der Waals surface area contributed by atoms with Crippen LogP contribution in [-0.2, 0) is 0 Å². The molecule has 0 saturated carbocycles. The highest BCUT2D eigenvalue weighted by molar-refractivity contribution is 5.10. The van der Waals surface area contributed by atoms with E-state index in [2.05, 4.69) is 29.8 Å². The van der Waals surface area contributed by atoms with Crippen LogP contribution >= 0.6 is 0 Å². The number of hydrogen-bond donors (Lipinski definition) is 1. The molecule has 0 spiro atoms. The fourth-order valence-electron chi connectivity index (χ4n) is 2.45. The van der Waals surface area contributed by atoms with Gasteiger partial charge in [0.05, 0.1) is 11.7 Å². The van der Waals surface area contributed by atoms with Crippen LogP contribution in [-0.4, -0.2) is 29.5 Å². The number of pyridine rings is 1. The minimum atomic E-state index is 0.281. The Labute approximate surface area is 97.7 Å². The molecule has 3 heteroatoms. The second-order valence-corrected chi connectivity index (χ2v) is 5.39. The highest BCUT2D eigenvalue weighted by Gasteiger charge is 2.33. The molecule has 2 rings (SSSR count). The van der Waals surface area contributed by atoms with Crippen LogP contribution in [0.1, 0.15) is 32.0 Å². The fourth-order valence-corrected chi connectivity index (χ4v) is 2.45. The van der Waals surface area contributed by atoms with Crippen molar-refractivity contribution in [3.63, 3.8) is 0 Å². The fraction of sp³-hybridized carbons (Fsp3) is 0.615. The number of nitrogens with zero attached hydrogens (tertiary/aromatic N) is 2. The molecule has 1 saturated heterocycles. The molecule has 0 aliphatic carbocycles. The molecule has 3 nitrogen and oxygen atoms in total. The summed E-state index contributed by atoms with van der Waals surface area (Å²) in [5.74, 6) is 0. The molecule has 0 aromatic carbocycles. The van der Waals surface area contributed by atoms with Gasteiger partial charge in [-0.3, -0.25) is 9.88 Å². The van der Waals surface area contributed by atoms with Gasteiger partial charge >= 0.3 is 0 Å². The van der Waals surface area contributed by atoms with E-state index >= 15 is 0 Å². The molecule has 16 heavy (non-hydrogen) atoms. The minimum Gasteiger partial charge on any atom is -0.329 e. The summed E-state index contributed by atoms with van der Waals surface area (Å²) in [5, 5.41) is 0. The van der Waals surface area contributed by atoms with Gasteiger partial charge < -0.3 is 5.73 Å². The maximum Gasteiger partial charge on any atom is 0.0644 e. The molecule has 1 fully saturated rings. The first kappa shape index (κ1) is 11.6. The summed E-state index contributed by atoms with van der Waals surface area (Å²) in [7, 11) is 0. The lowest BCUT2D eigenvalue weighted by atomic mass is 9.93. The lowest BCUT2D eigenvalue weighted by Crippen LogP contribution is -2.33. The number of aromatic nitrogens is 1. The number of hydrogen-bond acceptors (Lipinski definition) is 3. The maximum atomic E-state index is 5.89. The zero-order chi connectivity index (χ0) is 11.6. The maximum absolute atomic E-state index is 5.89. The zero-order valence-electron chi connectivity index (χ0n) is 10.2. The second-order valence-electron chi connectivity index (χ2n) is 5.39. The summed E-state index contributed by atoms with van der Waals surface area (Å²) < 4.78 is 0. The number of likely N-dealkylation sites (tertiary alicyclic amines) is 1. The first-order valence-electron chi connectivity index (χ1n) is 5.97. The predicted octanol–water partition coefficient (Wildman–Crippen LogP) is 1.81. The third kappa shape index (κ3) is 2.42. The van der Waals surface area contributed by atoms with Gasteiger partial charge in [0.2, 0.25) is 0 Å². The molecule has 0 amide bonds. The van der Waals surface area contributed by atoms with Crippen LogP contribution in [0.4, 0.5) is 0 Å². The van der Waals surface area contributed by atoms with Gasteiger partial charge in [0.15, 0.2) is 0 Å². The van der Waals surface area contributed by atoms with E-state index in [4.69, 9.17) is 5.73 Å². The van der Waals surface area contributed by atoms with Crippen molar-refractivity contribution in [1.82, 2.24) is 9.88 Å². The van der Waals surface area contributed by atoms with Crippen molar-refractivity contribution in [2.45, 2.75) is 26.3 Å². The van der Waals surface area contributed by atoms with E-state index in [-0.39, 0.29) is 6.04 Å². The van der Waals surface area contributed by atoms with E-state index in [9.17, 15) is 0 Å². The van der Waals surface area contributed by atoms with Crippen molar-refractivity contribution in [3.8, 4) is 0 Å². The van der Waals surface area contributed by atoms with E-state index in [1.807, 2.05) is 18.3 Å². The predicted molar refractivity (Wildman–Crippen MR) is 66.0 cm³/mol. The third-order valence-corrected chi connectivity index (χ3v) is 3.40. The summed E-state index contributed by atoms with van der Waals surface area (Å²) in [6, 6.07) is 6.34. The highest BCUT2D eigenvalue weighted by atomic mass is 15.2. The Bertz CT molecular complexity index is 334. The SMILES string of the molecule is CC1(C)CCN(C(CN)c2ccccn2)C1. The Kier molecular flexibility index (Phi) is 3.26. The van der Waals surface area contributed by atoms with Gasteiger partial charge in [-0.25, -0.2) is 0 Å². The lowest BCUT2D eigenvalue weighted by molar-refractivity contribution is 0.220. The van der Waals surface area contributed by atoms with Gasteiger partial charge in [-0.15, -0.1) is 0 Å². The van der Waals surface area contributed by atoms with Crippen molar-refractivity contribution < 1.29 is 0 Å². The van der Waals surface area contributed by atoms with Crippen molar-refractivity contribution in [1.29, 1.82) is 0 Å². The summed E-state index contributed by atoms with van der Waals surface area (Å²) in [6.45, 7) is 7.53. The topological polar surface area (TPSA) is 42.1 Å². The van der Waals surface area contributed by atoms with Crippen LogP contribution in [0.25, 0.3) is 0 Å². The Morgan fingerprint density at radius 2 is 2.31 bits per heavy atom. The Morgan fingerprint density at radius 3 is 2.81 bits per heavy atom. The van der Waals surface area contributed by atoms with E-state index in [0.29, 0.717) is 12.0 Å². The molecule has 88 valence electrons. The van der Waals surface area contributed by atoms with Gasteiger partial charge in [0.1, 0.15) is 0 Å². The van der Waals surface area contributed by atoms with Gasteiger partial charge in [-0.05, 0) is 30.5 Å². The van der Waals surface area contributed by atoms with Crippen LogP contribution in [0.3, 0.4) is 0 Å². The summed E-state index contributed by atoms with van der Waals surface area (Å²) in [6.07, 6.45) is 3.09. The van der Waals surface area contributed by atoms with Gasteiger partial charge in [0, 0.05) is 19.3 Å². The average molecular weight is 219 g/mol. The van der Waals surface area contributed by atoms with Crippen molar-refractivity contribution in [3.05, 3.63) is 30.1 Å². The van der Waals surface area contributed by atoms with Gasteiger partial charge in [0.25, 0.3) is 0 Å². The molecule has 1 aromatic heterocycles. The van der Waals surface area contributed by atoms with Crippen molar-refractivity contribution in [2.24, 2.45) is 11.1 Å². The van der Waals surface area contributed by atoms with E-state index in [1.54, 1.807) is 0 Å². The first-order chi connectivity index (χ1) is 7.62. The zero-order valence-corrected chi connectivity index (χ0v) is 10.2. The molecule has 2 N–H and O–H groups in total. The highest BCUT2D eigenvalue weighted by Crippen LogP contribution is 2.33. The molecule has 0 bridgehead atoms. The molecule has 1 atom stereocenters. The molecule has 1 aromatic rings. The molecular formula is C13H21N3. The molecule has 1 aliphatic heterocycles. The smallest absolute Gasteiger partial charge is 0.0644 e. The molecular weight excluding hydrogens is 198 g/mol. The average Bonchev–Trinajstić information content (AvgIpc) is 2.62. The summed E-state index contributed by atoms with van der Waals surface area (Å²) in [5.41, 5.74) is 7.41. The van der Waals surface area contributed by atoms with Crippen molar-refractivity contribution in [2.75, 3.05) is 19.6 Å². The molecule has 2 heterocycles. The largest absolute Gasteiger partial charge is 0.329 e. The lowest BCUT2D eigenvalue weighted by Gasteiger charge is -2.27. The molecule has 1 aliphatic rings. The van der Waals surface area contributed by atoms with Gasteiger partial charge in [-0.2, -0.15) is 0 Å². The minimum absolute atomic E-state index is 0.281. The normalized spacial score (nSPS) is 22.2. The van der Waals surface area contributed by atoms with E-state index in [0.717, 1.165) is 18.8 Å². The quantitative estimate of drug-likeness (QED) is 0.843. The van der Waals surface area contributed by atoms with Crippen LogP contribution in [0, 0.1) is 5.41 Å². The monoisotopic (exact) mass is 219 g/mol. The van der Waals surface area contributed by atoms with Crippen LogP contribution < -0.4 is 5.73 Å². The Balaban J connectivity index is 2.13. The van der Waals surface area contributed by atoms with Crippen LogP contribution in [0.15, 0.2) is 24.4 Å². The second kappa shape index (κ2) is 4.52. The standard InChI is InChI=1S/C13H21N3/c1-13(2)6-8-16(10-13)12(9-14)11-5-3-4-7-15-11/h3-5,7,12H,6,8-10,14H2,1-2H3. The third-order valence-electron chi connectivity index (χ3n) is 3.40. The number of rotatable bonds is 3. The Hall–Kier alpha value is -0.930.